The minimum absolute atomic E-state index is 0.0374. The summed E-state index contributed by atoms with van der Waals surface area (Å²) in [6, 6.07) is 5.94. The molecule has 0 aliphatic heterocycles. The van der Waals surface area contributed by atoms with Gasteiger partial charge in [0, 0.05) is 5.41 Å². The predicted octanol–water partition coefficient (Wildman–Crippen LogP) is 3.34. The molecule has 0 radical (unpaired) electrons. The van der Waals surface area contributed by atoms with Gasteiger partial charge in [0.05, 0.1) is 4.90 Å². The van der Waals surface area contributed by atoms with Crippen LogP contribution in [0.4, 0.5) is 0 Å². The van der Waals surface area contributed by atoms with E-state index in [1.54, 1.807) is 12.1 Å². The highest BCUT2D eigenvalue weighted by Crippen LogP contribution is 2.65. The Morgan fingerprint density at radius 3 is 2.23 bits per heavy atom. The molecular formula is C17H20O4S. The van der Waals surface area contributed by atoms with Gasteiger partial charge in [0.1, 0.15) is 0 Å². The Labute approximate surface area is 131 Å². The molecule has 2 aliphatic rings. The van der Waals surface area contributed by atoms with Gasteiger partial charge in [-0.25, -0.2) is 0 Å². The molecule has 1 aromatic carbocycles. The van der Waals surface area contributed by atoms with Crippen LogP contribution < -0.4 is 0 Å². The second-order valence-electron chi connectivity index (χ2n) is 7.12. The Kier molecular flexibility index (Phi) is 3.17. The van der Waals surface area contributed by atoms with Gasteiger partial charge in [0.15, 0.2) is 5.78 Å². The van der Waals surface area contributed by atoms with Gasteiger partial charge >= 0.3 is 0 Å². The second kappa shape index (κ2) is 4.52. The quantitative estimate of drug-likeness (QED) is 0.670. The van der Waals surface area contributed by atoms with Crippen LogP contribution >= 0.6 is 0 Å². The monoisotopic (exact) mass is 320 g/mol. The normalized spacial score (nSPS) is 31.9. The van der Waals surface area contributed by atoms with Crippen LogP contribution in [-0.2, 0) is 14.9 Å². The van der Waals surface area contributed by atoms with Gasteiger partial charge in [-0.3, -0.25) is 9.35 Å². The van der Waals surface area contributed by atoms with Crippen LogP contribution in [0.25, 0.3) is 6.08 Å². The van der Waals surface area contributed by atoms with E-state index in [1.165, 1.54) is 12.1 Å². The van der Waals surface area contributed by atoms with Crippen LogP contribution in [0.1, 0.15) is 39.2 Å². The molecule has 2 atom stereocenters. The fourth-order valence-corrected chi connectivity index (χ4v) is 4.49. The summed E-state index contributed by atoms with van der Waals surface area (Å²) in [6.45, 7) is 6.37. The van der Waals surface area contributed by atoms with Crippen LogP contribution in [0.15, 0.2) is 34.7 Å². The Bertz CT molecular complexity index is 771. The van der Waals surface area contributed by atoms with E-state index in [0.29, 0.717) is 0 Å². The summed E-state index contributed by atoms with van der Waals surface area (Å²) in [7, 11) is -4.18. The molecule has 2 fully saturated rings. The first-order chi connectivity index (χ1) is 10.1. The van der Waals surface area contributed by atoms with Gasteiger partial charge in [-0.1, -0.05) is 32.9 Å². The summed E-state index contributed by atoms with van der Waals surface area (Å²) in [6.07, 6.45) is 3.82. The lowest BCUT2D eigenvalue weighted by atomic mass is 9.70. The molecule has 0 amide bonds. The fourth-order valence-electron chi connectivity index (χ4n) is 4.01. The lowest BCUT2D eigenvalue weighted by Crippen LogP contribution is -2.32. The van der Waals surface area contributed by atoms with Gasteiger partial charge in [-0.05, 0) is 53.5 Å². The third-order valence-electron chi connectivity index (χ3n) is 5.87. The average Bonchev–Trinajstić information content (AvgIpc) is 2.73. The standard InChI is InChI=1S/C17H20O4S/c1-16(2)14-8-9-17(16,3)15(18)13(14)10-11-4-6-12(7-5-11)22(19,20)21/h4-7,10,14H,8-9H2,1-3H3,(H,19,20,21). The minimum atomic E-state index is -4.18. The second-order valence-corrected chi connectivity index (χ2v) is 8.54. The van der Waals surface area contributed by atoms with E-state index in [2.05, 4.69) is 20.8 Å². The molecule has 118 valence electrons. The SMILES string of the molecule is CC12CCC(C(=Cc3ccc(S(=O)(=O)O)cc3)C1=O)C2(C)C. The highest BCUT2D eigenvalue weighted by Gasteiger charge is 2.63. The summed E-state index contributed by atoms with van der Waals surface area (Å²) in [5.41, 5.74) is 1.29. The summed E-state index contributed by atoms with van der Waals surface area (Å²) < 4.78 is 31.1. The third kappa shape index (κ3) is 1.99. The van der Waals surface area contributed by atoms with E-state index in [0.717, 1.165) is 24.0 Å². The molecular weight excluding hydrogens is 300 g/mol. The number of rotatable bonds is 2. The number of allylic oxidation sites excluding steroid dienone is 1. The predicted molar refractivity (Wildman–Crippen MR) is 83.9 cm³/mol. The zero-order valence-corrected chi connectivity index (χ0v) is 13.8. The Morgan fingerprint density at radius 1 is 1.18 bits per heavy atom. The highest BCUT2D eigenvalue weighted by atomic mass is 32.2. The fraction of sp³-hybridized carbons (Fsp3) is 0.471. The zero-order valence-electron chi connectivity index (χ0n) is 13.0. The molecule has 0 aromatic heterocycles. The first kappa shape index (κ1) is 15.4. The number of carbonyl (C=O) groups excluding carboxylic acids is 1. The number of Topliss-reactive ketones (excluding diaryl/α,β-unsaturated/α-hetero) is 1. The van der Waals surface area contributed by atoms with Crippen molar-refractivity contribution in [2.75, 3.05) is 0 Å². The molecule has 0 spiro atoms. The lowest BCUT2D eigenvalue weighted by molar-refractivity contribution is -0.125. The van der Waals surface area contributed by atoms with E-state index in [1.807, 2.05) is 6.08 Å². The molecule has 1 aromatic rings. The molecule has 0 heterocycles. The maximum absolute atomic E-state index is 12.7. The van der Waals surface area contributed by atoms with Crippen molar-refractivity contribution in [3.63, 3.8) is 0 Å². The molecule has 2 unspecified atom stereocenters. The van der Waals surface area contributed by atoms with E-state index in [-0.39, 0.29) is 27.4 Å². The summed E-state index contributed by atoms with van der Waals surface area (Å²) in [5, 5.41) is 0. The van der Waals surface area contributed by atoms with Gasteiger partial charge in [0.2, 0.25) is 0 Å². The Hall–Kier alpha value is -1.46. The molecule has 1 N–H and O–H groups in total. The van der Waals surface area contributed by atoms with Crippen molar-refractivity contribution in [1.82, 2.24) is 0 Å². The number of carbonyl (C=O) groups is 1. The lowest BCUT2D eigenvalue weighted by Gasteiger charge is -2.31. The van der Waals surface area contributed by atoms with Crippen LogP contribution in [0.3, 0.4) is 0 Å². The maximum Gasteiger partial charge on any atom is 0.294 e. The average molecular weight is 320 g/mol. The molecule has 5 heteroatoms. The van der Waals surface area contributed by atoms with Crippen molar-refractivity contribution < 1.29 is 17.8 Å². The van der Waals surface area contributed by atoms with Crippen molar-refractivity contribution in [1.29, 1.82) is 0 Å². The minimum Gasteiger partial charge on any atom is -0.294 e. The largest absolute Gasteiger partial charge is 0.294 e. The van der Waals surface area contributed by atoms with E-state index < -0.39 is 10.1 Å². The van der Waals surface area contributed by atoms with Crippen LogP contribution in [0.2, 0.25) is 0 Å². The molecule has 2 saturated carbocycles. The van der Waals surface area contributed by atoms with E-state index in [4.69, 9.17) is 4.55 Å². The van der Waals surface area contributed by atoms with E-state index in [9.17, 15) is 13.2 Å². The van der Waals surface area contributed by atoms with Crippen molar-refractivity contribution in [3.05, 3.63) is 35.4 Å². The van der Waals surface area contributed by atoms with Crippen molar-refractivity contribution in [3.8, 4) is 0 Å². The third-order valence-corrected chi connectivity index (χ3v) is 6.73. The number of hydrogen-bond donors (Lipinski definition) is 1. The molecule has 3 rings (SSSR count). The molecule has 2 aliphatic carbocycles. The molecule has 22 heavy (non-hydrogen) atoms. The molecule has 2 bridgehead atoms. The Balaban J connectivity index is 1.99. The first-order valence-corrected chi connectivity index (χ1v) is 8.85. The number of ketones is 1. The summed E-state index contributed by atoms with van der Waals surface area (Å²) >= 11 is 0. The summed E-state index contributed by atoms with van der Waals surface area (Å²) in [5.74, 6) is 0.471. The first-order valence-electron chi connectivity index (χ1n) is 7.41. The van der Waals surface area contributed by atoms with Crippen molar-refractivity contribution in [2.45, 2.75) is 38.5 Å². The summed E-state index contributed by atoms with van der Waals surface area (Å²) in [4.78, 5) is 12.6. The smallest absolute Gasteiger partial charge is 0.294 e. The number of fused-ring (bicyclic) bond motifs is 2. The van der Waals surface area contributed by atoms with Gasteiger partial charge in [0.25, 0.3) is 10.1 Å². The van der Waals surface area contributed by atoms with Crippen LogP contribution in [-0.4, -0.2) is 18.8 Å². The van der Waals surface area contributed by atoms with Crippen LogP contribution in [0, 0.1) is 16.7 Å². The number of benzene rings is 1. The topological polar surface area (TPSA) is 71.4 Å². The highest BCUT2D eigenvalue weighted by molar-refractivity contribution is 7.85. The van der Waals surface area contributed by atoms with Crippen molar-refractivity contribution in [2.24, 2.45) is 16.7 Å². The van der Waals surface area contributed by atoms with Crippen LogP contribution in [0.5, 0.6) is 0 Å². The Morgan fingerprint density at radius 2 is 1.77 bits per heavy atom. The molecule has 0 saturated heterocycles. The van der Waals surface area contributed by atoms with Gasteiger partial charge in [-0.15, -0.1) is 0 Å². The number of hydrogen-bond acceptors (Lipinski definition) is 3. The van der Waals surface area contributed by atoms with E-state index >= 15 is 0 Å². The van der Waals surface area contributed by atoms with Gasteiger partial charge in [-0.2, -0.15) is 8.42 Å². The zero-order chi connectivity index (χ0) is 16.3. The van der Waals surface area contributed by atoms with Gasteiger partial charge < -0.3 is 0 Å². The molecule has 4 nitrogen and oxygen atoms in total. The van der Waals surface area contributed by atoms with Crippen molar-refractivity contribution >= 4 is 22.0 Å². The maximum atomic E-state index is 12.7.